The summed E-state index contributed by atoms with van der Waals surface area (Å²) in [5.41, 5.74) is 11.3. The summed E-state index contributed by atoms with van der Waals surface area (Å²) in [6, 6.07) is 43.7. The molecule has 1 nitrogen and oxygen atoms in total. The van der Waals surface area contributed by atoms with Gasteiger partial charge in [-0.1, -0.05) is 109 Å². The van der Waals surface area contributed by atoms with E-state index in [1.54, 1.807) is 0 Å². The van der Waals surface area contributed by atoms with Crippen LogP contribution in [0.15, 0.2) is 126 Å². The minimum Gasteiger partial charge on any atom is -0.310 e. The Hall–Kier alpha value is -3.62. The summed E-state index contributed by atoms with van der Waals surface area (Å²) in [5.74, 6) is 0. The Kier molecular flexibility index (Phi) is 5.35. The van der Waals surface area contributed by atoms with Crippen LogP contribution in [0.1, 0.15) is 25.0 Å². The number of rotatable bonds is 4. The Bertz CT molecular complexity index is 1520. The number of hydrogen-bond acceptors (Lipinski definition) is 1. The quantitative estimate of drug-likeness (QED) is 0.230. The maximum atomic E-state index is 3.61. The van der Waals surface area contributed by atoms with Crippen LogP contribution in [0.5, 0.6) is 0 Å². The Morgan fingerprint density at radius 1 is 0.543 bits per heavy atom. The van der Waals surface area contributed by atoms with Crippen LogP contribution in [0, 0.1) is 0 Å². The predicted molar refractivity (Wildman–Crippen MR) is 152 cm³/mol. The number of halogens is 1. The molecule has 5 aromatic rings. The average molecular weight is 516 g/mol. The molecule has 0 fully saturated rings. The van der Waals surface area contributed by atoms with E-state index in [1.807, 2.05) is 0 Å². The smallest absolute Gasteiger partial charge is 0.0540 e. The topological polar surface area (TPSA) is 3.24 Å². The van der Waals surface area contributed by atoms with Gasteiger partial charge in [-0.3, -0.25) is 0 Å². The van der Waals surface area contributed by atoms with Crippen molar-refractivity contribution in [2.75, 3.05) is 4.90 Å². The number of anilines is 3. The highest BCUT2D eigenvalue weighted by Crippen LogP contribution is 2.51. The van der Waals surface area contributed by atoms with Crippen LogP contribution in [0.2, 0.25) is 0 Å². The molecule has 0 aromatic heterocycles. The number of nitrogens with zero attached hydrogens (tertiary/aromatic N) is 1. The first kappa shape index (κ1) is 21.9. The highest BCUT2D eigenvalue weighted by atomic mass is 79.9. The lowest BCUT2D eigenvalue weighted by Crippen LogP contribution is -2.16. The van der Waals surface area contributed by atoms with Gasteiger partial charge < -0.3 is 4.90 Å². The first-order valence-corrected chi connectivity index (χ1v) is 12.8. The zero-order valence-electron chi connectivity index (χ0n) is 19.9. The molecule has 0 aliphatic heterocycles. The molecule has 0 saturated carbocycles. The van der Waals surface area contributed by atoms with Gasteiger partial charge in [0, 0.05) is 26.8 Å². The lowest BCUT2D eigenvalue weighted by atomic mass is 9.82. The largest absolute Gasteiger partial charge is 0.310 e. The normalized spacial score (nSPS) is 13.2. The minimum absolute atomic E-state index is 0.0493. The summed E-state index contributed by atoms with van der Waals surface area (Å²) in [7, 11) is 0. The molecule has 0 amide bonds. The minimum atomic E-state index is -0.0493. The van der Waals surface area contributed by atoms with Gasteiger partial charge in [-0.2, -0.15) is 0 Å². The fraction of sp³-hybridized carbons (Fsp3) is 0.0909. The summed E-state index contributed by atoms with van der Waals surface area (Å²) in [4.78, 5) is 2.38. The van der Waals surface area contributed by atoms with E-state index >= 15 is 0 Å². The van der Waals surface area contributed by atoms with Gasteiger partial charge in [-0.05, 0) is 70.3 Å². The molecular formula is C33H26BrN. The SMILES string of the molecule is CC1(C)c2ccccc2-c2ccc(N(c3ccc(Br)cc3)c3ccccc3-c3ccccc3)cc21. The van der Waals surface area contributed by atoms with E-state index in [1.165, 1.54) is 33.4 Å². The van der Waals surface area contributed by atoms with Gasteiger partial charge in [-0.25, -0.2) is 0 Å². The van der Waals surface area contributed by atoms with Crippen molar-refractivity contribution >= 4 is 33.0 Å². The Balaban J connectivity index is 1.57. The molecule has 0 unspecified atom stereocenters. The molecule has 2 heteroatoms. The standard InChI is InChI=1S/C33H26BrN/c1-33(2)30-14-8-6-13-28(30)29-21-20-26(22-31(29)33)35(25-18-16-24(34)17-19-25)32-15-9-7-12-27(32)23-10-4-3-5-11-23/h3-22H,1-2H3. The first-order chi connectivity index (χ1) is 17.0. The summed E-state index contributed by atoms with van der Waals surface area (Å²) >= 11 is 3.61. The van der Waals surface area contributed by atoms with Crippen LogP contribution in [0.3, 0.4) is 0 Å². The second-order valence-corrected chi connectivity index (χ2v) is 10.5. The number of hydrogen-bond donors (Lipinski definition) is 0. The lowest BCUT2D eigenvalue weighted by Gasteiger charge is -2.29. The molecule has 0 N–H and O–H groups in total. The van der Waals surface area contributed by atoms with Gasteiger partial charge in [0.05, 0.1) is 5.69 Å². The zero-order chi connectivity index (χ0) is 24.0. The van der Waals surface area contributed by atoms with E-state index in [-0.39, 0.29) is 5.41 Å². The van der Waals surface area contributed by atoms with E-state index in [2.05, 4.69) is 156 Å². The molecule has 1 aliphatic carbocycles. The molecule has 0 saturated heterocycles. The summed E-state index contributed by atoms with van der Waals surface area (Å²) < 4.78 is 1.07. The Morgan fingerprint density at radius 3 is 1.91 bits per heavy atom. The van der Waals surface area contributed by atoms with Crippen molar-refractivity contribution in [1.82, 2.24) is 0 Å². The fourth-order valence-corrected chi connectivity index (χ4v) is 5.64. The molecule has 5 aromatic carbocycles. The van der Waals surface area contributed by atoms with Gasteiger partial charge >= 0.3 is 0 Å². The summed E-state index contributed by atoms with van der Waals surface area (Å²) in [5, 5.41) is 0. The molecule has 0 atom stereocenters. The van der Waals surface area contributed by atoms with Crippen molar-refractivity contribution in [1.29, 1.82) is 0 Å². The van der Waals surface area contributed by atoms with Gasteiger partial charge in [0.15, 0.2) is 0 Å². The molecular weight excluding hydrogens is 490 g/mol. The molecule has 35 heavy (non-hydrogen) atoms. The van der Waals surface area contributed by atoms with Crippen LogP contribution in [-0.4, -0.2) is 0 Å². The maximum Gasteiger partial charge on any atom is 0.0540 e. The van der Waals surface area contributed by atoms with Crippen molar-refractivity contribution in [3.8, 4) is 22.3 Å². The average Bonchev–Trinajstić information content (AvgIpc) is 3.13. The van der Waals surface area contributed by atoms with Crippen molar-refractivity contribution < 1.29 is 0 Å². The van der Waals surface area contributed by atoms with Crippen molar-refractivity contribution in [2.24, 2.45) is 0 Å². The van der Waals surface area contributed by atoms with Crippen molar-refractivity contribution in [3.05, 3.63) is 137 Å². The van der Waals surface area contributed by atoms with E-state index in [4.69, 9.17) is 0 Å². The van der Waals surface area contributed by atoms with E-state index < -0.39 is 0 Å². The second kappa shape index (κ2) is 8.55. The third kappa shape index (κ3) is 3.69. The predicted octanol–water partition coefficient (Wildman–Crippen LogP) is 9.89. The third-order valence-corrected chi connectivity index (χ3v) is 7.67. The number of benzene rings is 5. The molecule has 170 valence electrons. The monoisotopic (exact) mass is 515 g/mol. The summed E-state index contributed by atoms with van der Waals surface area (Å²) in [6.45, 7) is 4.67. The van der Waals surface area contributed by atoms with E-state index in [9.17, 15) is 0 Å². The number of para-hydroxylation sites is 1. The molecule has 0 spiro atoms. The highest BCUT2D eigenvalue weighted by Gasteiger charge is 2.35. The summed E-state index contributed by atoms with van der Waals surface area (Å²) in [6.07, 6.45) is 0. The molecule has 0 heterocycles. The molecule has 0 bridgehead atoms. The zero-order valence-corrected chi connectivity index (χ0v) is 21.5. The van der Waals surface area contributed by atoms with Crippen molar-refractivity contribution in [3.63, 3.8) is 0 Å². The van der Waals surface area contributed by atoms with E-state index in [0.29, 0.717) is 0 Å². The number of fused-ring (bicyclic) bond motifs is 3. The van der Waals surface area contributed by atoms with Gasteiger partial charge in [0.1, 0.15) is 0 Å². The van der Waals surface area contributed by atoms with Crippen LogP contribution >= 0.6 is 15.9 Å². The van der Waals surface area contributed by atoms with Gasteiger partial charge in [-0.15, -0.1) is 0 Å². The van der Waals surface area contributed by atoms with E-state index in [0.717, 1.165) is 21.5 Å². The second-order valence-electron chi connectivity index (χ2n) is 9.60. The van der Waals surface area contributed by atoms with Crippen LogP contribution in [0.4, 0.5) is 17.1 Å². The first-order valence-electron chi connectivity index (χ1n) is 12.0. The van der Waals surface area contributed by atoms with Gasteiger partial charge in [0.2, 0.25) is 0 Å². The van der Waals surface area contributed by atoms with Crippen LogP contribution < -0.4 is 4.90 Å². The molecule has 6 rings (SSSR count). The van der Waals surface area contributed by atoms with Gasteiger partial charge in [0.25, 0.3) is 0 Å². The fourth-order valence-electron chi connectivity index (χ4n) is 5.38. The molecule has 1 aliphatic rings. The highest BCUT2D eigenvalue weighted by molar-refractivity contribution is 9.10. The van der Waals surface area contributed by atoms with Crippen molar-refractivity contribution in [2.45, 2.75) is 19.3 Å². The van der Waals surface area contributed by atoms with Crippen LogP contribution in [-0.2, 0) is 5.41 Å². The third-order valence-electron chi connectivity index (χ3n) is 7.14. The Morgan fingerprint density at radius 2 is 1.14 bits per heavy atom. The Labute approximate surface area is 215 Å². The van der Waals surface area contributed by atoms with Crippen LogP contribution in [0.25, 0.3) is 22.3 Å². The molecule has 0 radical (unpaired) electrons. The maximum absolute atomic E-state index is 3.61. The lowest BCUT2D eigenvalue weighted by molar-refractivity contribution is 0.660.